The summed E-state index contributed by atoms with van der Waals surface area (Å²) in [5.74, 6) is -1.05. The Kier molecular flexibility index (Phi) is 3.60. The second-order valence-corrected chi connectivity index (χ2v) is 5.91. The third-order valence-corrected chi connectivity index (χ3v) is 4.33. The second kappa shape index (κ2) is 5.44. The summed E-state index contributed by atoms with van der Waals surface area (Å²) in [5.41, 5.74) is 0.357. The first-order chi connectivity index (χ1) is 10.5. The summed E-state index contributed by atoms with van der Waals surface area (Å²) in [6.07, 6.45) is 2.08. The molecular formula is C16H18N2O4. The molecule has 3 rings (SSSR count). The molecule has 6 heteroatoms. The SMILES string of the molecule is O=C1CCN(c2ccc(C(=O)NC3(C(=O)O)CC3)cc2)CC1. The number of aliphatic carboxylic acids is 1. The number of hydrogen-bond acceptors (Lipinski definition) is 4. The van der Waals surface area contributed by atoms with Crippen LogP contribution in [0.5, 0.6) is 0 Å². The molecule has 1 saturated heterocycles. The van der Waals surface area contributed by atoms with Crippen LogP contribution >= 0.6 is 0 Å². The largest absolute Gasteiger partial charge is 0.480 e. The molecule has 0 bridgehead atoms. The van der Waals surface area contributed by atoms with E-state index in [2.05, 4.69) is 10.2 Å². The number of nitrogens with one attached hydrogen (secondary N) is 1. The van der Waals surface area contributed by atoms with E-state index in [9.17, 15) is 14.4 Å². The summed E-state index contributed by atoms with van der Waals surface area (Å²) < 4.78 is 0. The van der Waals surface area contributed by atoms with Crippen molar-refractivity contribution in [2.24, 2.45) is 0 Å². The van der Waals surface area contributed by atoms with E-state index in [0.29, 0.717) is 44.3 Å². The number of ketones is 1. The molecule has 2 fully saturated rings. The lowest BCUT2D eigenvalue weighted by atomic mass is 10.1. The fourth-order valence-electron chi connectivity index (χ4n) is 2.64. The number of benzene rings is 1. The molecule has 1 aliphatic heterocycles. The van der Waals surface area contributed by atoms with E-state index >= 15 is 0 Å². The van der Waals surface area contributed by atoms with Crippen LogP contribution < -0.4 is 10.2 Å². The standard InChI is InChI=1S/C16H18N2O4/c19-13-5-9-18(10-6-13)12-3-1-11(2-4-12)14(20)17-16(7-8-16)15(21)22/h1-4H,5-10H2,(H,17,20)(H,21,22). The van der Waals surface area contributed by atoms with Gasteiger partial charge >= 0.3 is 5.97 Å². The molecule has 116 valence electrons. The van der Waals surface area contributed by atoms with Gasteiger partial charge in [0.05, 0.1) is 0 Å². The molecule has 0 aromatic heterocycles. The highest BCUT2D eigenvalue weighted by Crippen LogP contribution is 2.35. The third-order valence-electron chi connectivity index (χ3n) is 4.33. The van der Waals surface area contributed by atoms with Gasteiger partial charge in [-0.25, -0.2) is 4.79 Å². The highest BCUT2D eigenvalue weighted by Gasteiger charge is 2.51. The summed E-state index contributed by atoms with van der Waals surface area (Å²) in [6, 6.07) is 7.06. The number of piperidine rings is 1. The Morgan fingerprint density at radius 1 is 1.09 bits per heavy atom. The number of amides is 1. The zero-order valence-electron chi connectivity index (χ0n) is 12.2. The molecular weight excluding hydrogens is 284 g/mol. The molecule has 22 heavy (non-hydrogen) atoms. The molecule has 1 aromatic carbocycles. The fourth-order valence-corrected chi connectivity index (χ4v) is 2.64. The van der Waals surface area contributed by atoms with Gasteiger partial charge in [-0.2, -0.15) is 0 Å². The average molecular weight is 302 g/mol. The lowest BCUT2D eigenvalue weighted by molar-refractivity contribution is -0.140. The molecule has 0 spiro atoms. The first-order valence-electron chi connectivity index (χ1n) is 7.43. The molecule has 0 unspecified atom stereocenters. The molecule has 0 radical (unpaired) electrons. The van der Waals surface area contributed by atoms with Crippen LogP contribution in [-0.4, -0.2) is 41.4 Å². The van der Waals surface area contributed by atoms with Gasteiger partial charge in [-0.05, 0) is 37.1 Å². The van der Waals surface area contributed by atoms with Crippen molar-refractivity contribution in [3.8, 4) is 0 Å². The van der Waals surface area contributed by atoms with Crippen molar-refractivity contribution < 1.29 is 19.5 Å². The van der Waals surface area contributed by atoms with Crippen LogP contribution in [0.2, 0.25) is 0 Å². The molecule has 2 aliphatic rings. The molecule has 1 amide bonds. The van der Waals surface area contributed by atoms with Crippen molar-refractivity contribution in [1.29, 1.82) is 0 Å². The quantitative estimate of drug-likeness (QED) is 0.873. The number of nitrogens with zero attached hydrogens (tertiary/aromatic N) is 1. The van der Waals surface area contributed by atoms with Crippen molar-refractivity contribution >= 4 is 23.3 Å². The highest BCUT2D eigenvalue weighted by molar-refractivity contribution is 5.99. The van der Waals surface area contributed by atoms with E-state index in [1.807, 2.05) is 12.1 Å². The van der Waals surface area contributed by atoms with Crippen molar-refractivity contribution in [1.82, 2.24) is 5.32 Å². The van der Waals surface area contributed by atoms with Gasteiger partial charge in [0.1, 0.15) is 11.3 Å². The zero-order valence-corrected chi connectivity index (χ0v) is 12.2. The molecule has 1 saturated carbocycles. The minimum Gasteiger partial charge on any atom is -0.480 e. The number of anilines is 1. The topological polar surface area (TPSA) is 86.7 Å². The number of rotatable bonds is 4. The predicted octanol–water partition coefficient (Wildman–Crippen LogP) is 1.20. The Balaban J connectivity index is 1.65. The van der Waals surface area contributed by atoms with Crippen LogP contribution in [0, 0.1) is 0 Å². The number of carbonyl (C=O) groups is 3. The van der Waals surface area contributed by atoms with Gasteiger partial charge in [-0.1, -0.05) is 0 Å². The first kappa shape index (κ1) is 14.6. The molecule has 1 heterocycles. The zero-order chi connectivity index (χ0) is 15.7. The Morgan fingerprint density at radius 2 is 1.68 bits per heavy atom. The summed E-state index contributed by atoms with van der Waals surface area (Å²) >= 11 is 0. The maximum absolute atomic E-state index is 12.1. The third kappa shape index (κ3) is 2.81. The fraction of sp³-hybridized carbons (Fsp3) is 0.438. The minimum absolute atomic E-state index is 0.288. The lowest BCUT2D eigenvalue weighted by Crippen LogP contribution is -2.43. The highest BCUT2D eigenvalue weighted by atomic mass is 16.4. The Hall–Kier alpha value is -2.37. The van der Waals surface area contributed by atoms with Crippen molar-refractivity contribution in [2.45, 2.75) is 31.2 Å². The van der Waals surface area contributed by atoms with E-state index in [0.717, 1.165) is 5.69 Å². The van der Waals surface area contributed by atoms with Gasteiger partial charge in [-0.15, -0.1) is 0 Å². The van der Waals surface area contributed by atoms with Crippen LogP contribution in [0.3, 0.4) is 0 Å². The van der Waals surface area contributed by atoms with Crippen LogP contribution in [0.4, 0.5) is 5.69 Å². The number of hydrogen-bond donors (Lipinski definition) is 2. The number of Topliss-reactive ketones (excluding diaryl/α,β-unsaturated/α-hetero) is 1. The van der Waals surface area contributed by atoms with Crippen LogP contribution in [0.15, 0.2) is 24.3 Å². The smallest absolute Gasteiger partial charge is 0.329 e. The maximum Gasteiger partial charge on any atom is 0.329 e. The van der Waals surface area contributed by atoms with Gasteiger partial charge < -0.3 is 15.3 Å². The van der Waals surface area contributed by atoms with Crippen molar-refractivity contribution in [3.63, 3.8) is 0 Å². The predicted molar refractivity (Wildman–Crippen MR) is 80.0 cm³/mol. The molecule has 2 N–H and O–H groups in total. The van der Waals surface area contributed by atoms with Crippen molar-refractivity contribution in [3.05, 3.63) is 29.8 Å². The van der Waals surface area contributed by atoms with E-state index < -0.39 is 11.5 Å². The lowest BCUT2D eigenvalue weighted by Gasteiger charge is -2.28. The van der Waals surface area contributed by atoms with Gasteiger partial charge in [-0.3, -0.25) is 9.59 Å². The van der Waals surface area contributed by atoms with E-state index in [4.69, 9.17) is 5.11 Å². The monoisotopic (exact) mass is 302 g/mol. The molecule has 1 aliphatic carbocycles. The summed E-state index contributed by atoms with van der Waals surface area (Å²) in [7, 11) is 0. The Morgan fingerprint density at radius 3 is 2.18 bits per heavy atom. The van der Waals surface area contributed by atoms with E-state index in [-0.39, 0.29) is 11.7 Å². The average Bonchev–Trinajstić information content (AvgIpc) is 3.29. The Bertz CT molecular complexity index is 610. The summed E-state index contributed by atoms with van der Waals surface area (Å²) in [5, 5.41) is 11.7. The molecule has 6 nitrogen and oxygen atoms in total. The molecule has 0 atom stereocenters. The van der Waals surface area contributed by atoms with Gasteiger partial charge in [0, 0.05) is 37.2 Å². The number of carbonyl (C=O) groups excluding carboxylic acids is 2. The summed E-state index contributed by atoms with van der Waals surface area (Å²) in [4.78, 5) is 36.6. The van der Waals surface area contributed by atoms with Crippen LogP contribution in [0.25, 0.3) is 0 Å². The minimum atomic E-state index is -1.07. The number of carboxylic acids is 1. The normalized spacial score (nSPS) is 19.6. The van der Waals surface area contributed by atoms with E-state index in [1.54, 1.807) is 12.1 Å². The second-order valence-electron chi connectivity index (χ2n) is 5.91. The van der Waals surface area contributed by atoms with E-state index in [1.165, 1.54) is 0 Å². The van der Waals surface area contributed by atoms with Gasteiger partial charge in [0.25, 0.3) is 5.91 Å². The number of carboxylic acid groups (broad SMARTS) is 1. The van der Waals surface area contributed by atoms with Gasteiger partial charge in [0.15, 0.2) is 0 Å². The maximum atomic E-state index is 12.1. The van der Waals surface area contributed by atoms with Crippen LogP contribution in [-0.2, 0) is 9.59 Å². The van der Waals surface area contributed by atoms with Crippen molar-refractivity contribution in [2.75, 3.05) is 18.0 Å². The van der Waals surface area contributed by atoms with Crippen LogP contribution in [0.1, 0.15) is 36.0 Å². The summed E-state index contributed by atoms with van der Waals surface area (Å²) in [6.45, 7) is 1.40. The van der Waals surface area contributed by atoms with Gasteiger partial charge in [0.2, 0.25) is 0 Å². The Labute approximate surface area is 128 Å². The first-order valence-corrected chi connectivity index (χ1v) is 7.43. The molecule has 1 aromatic rings.